The summed E-state index contributed by atoms with van der Waals surface area (Å²) >= 11 is 0. The zero-order valence-corrected chi connectivity index (χ0v) is 13.7. The van der Waals surface area contributed by atoms with Crippen molar-refractivity contribution in [2.75, 3.05) is 6.61 Å². The van der Waals surface area contributed by atoms with Gasteiger partial charge in [-0.1, -0.05) is 12.1 Å². The zero-order valence-electron chi connectivity index (χ0n) is 13.7. The number of carbonyl (C=O) groups excluding carboxylic acids is 1. The van der Waals surface area contributed by atoms with Gasteiger partial charge in [0.2, 0.25) is 0 Å². The molecule has 2 aromatic rings. The van der Waals surface area contributed by atoms with E-state index < -0.39 is 17.3 Å². The Hall–Kier alpha value is -2.54. The number of para-hydroxylation sites is 1. The summed E-state index contributed by atoms with van der Waals surface area (Å²) in [4.78, 5) is 24.4. The predicted octanol–water partition coefficient (Wildman–Crippen LogP) is 1.65. The lowest BCUT2D eigenvalue weighted by Crippen LogP contribution is -2.39. The molecule has 1 heterocycles. The number of amides is 1. The van der Waals surface area contributed by atoms with Gasteiger partial charge in [0.1, 0.15) is 17.2 Å². The second kappa shape index (κ2) is 7.57. The molecular formula is C18H20FN3O3. The van der Waals surface area contributed by atoms with Crippen molar-refractivity contribution in [2.24, 2.45) is 5.92 Å². The van der Waals surface area contributed by atoms with E-state index >= 15 is 0 Å². The van der Waals surface area contributed by atoms with Crippen LogP contribution in [0.15, 0.2) is 41.2 Å². The van der Waals surface area contributed by atoms with Crippen LogP contribution in [0.5, 0.6) is 0 Å². The number of nitrogens with one attached hydrogen (secondary N) is 1. The number of aromatic nitrogens is 2. The lowest BCUT2D eigenvalue weighted by Gasteiger charge is -2.27. The van der Waals surface area contributed by atoms with Crippen molar-refractivity contribution in [1.82, 2.24) is 15.1 Å². The minimum Gasteiger partial charge on any atom is -0.396 e. The van der Waals surface area contributed by atoms with Gasteiger partial charge in [0.05, 0.1) is 0 Å². The SMILES string of the molecule is O=C(NC1CCC(CO)CC1)c1ccc(=O)n(-c2ccccc2F)n1. The minimum absolute atomic E-state index is 0.00519. The molecule has 1 saturated carbocycles. The van der Waals surface area contributed by atoms with Crippen molar-refractivity contribution >= 4 is 5.91 Å². The topological polar surface area (TPSA) is 84.2 Å². The number of halogens is 1. The molecule has 1 amide bonds. The number of benzene rings is 1. The average molecular weight is 345 g/mol. The Labute approximate surface area is 144 Å². The molecule has 1 aliphatic rings. The maximum Gasteiger partial charge on any atom is 0.271 e. The van der Waals surface area contributed by atoms with E-state index in [1.165, 1.54) is 30.3 Å². The van der Waals surface area contributed by atoms with Crippen LogP contribution >= 0.6 is 0 Å². The summed E-state index contributed by atoms with van der Waals surface area (Å²) in [6, 6.07) is 8.34. The van der Waals surface area contributed by atoms with E-state index in [9.17, 15) is 14.0 Å². The van der Waals surface area contributed by atoms with Gasteiger partial charge in [-0.3, -0.25) is 9.59 Å². The fourth-order valence-electron chi connectivity index (χ4n) is 3.08. The van der Waals surface area contributed by atoms with Crippen LogP contribution in [0.2, 0.25) is 0 Å². The first-order valence-corrected chi connectivity index (χ1v) is 8.35. The van der Waals surface area contributed by atoms with Crippen LogP contribution in [-0.2, 0) is 0 Å². The smallest absolute Gasteiger partial charge is 0.271 e. The van der Waals surface area contributed by atoms with Crippen LogP contribution in [0.1, 0.15) is 36.2 Å². The predicted molar refractivity (Wildman–Crippen MR) is 90.1 cm³/mol. The minimum atomic E-state index is -0.586. The first-order valence-electron chi connectivity index (χ1n) is 8.35. The van der Waals surface area contributed by atoms with Gasteiger partial charge >= 0.3 is 0 Å². The highest BCUT2D eigenvalue weighted by Gasteiger charge is 2.23. The standard InChI is InChI=1S/C18H20FN3O3/c19-14-3-1-2-4-16(14)22-17(24)10-9-15(21-22)18(25)20-13-7-5-12(11-23)6-8-13/h1-4,9-10,12-13,23H,5-8,11H2,(H,20,25). The summed E-state index contributed by atoms with van der Waals surface area (Å²) in [5, 5.41) is 16.1. The van der Waals surface area contributed by atoms with Crippen LogP contribution in [0.3, 0.4) is 0 Å². The van der Waals surface area contributed by atoms with Gasteiger partial charge in [-0.25, -0.2) is 4.39 Å². The van der Waals surface area contributed by atoms with E-state index in [0.717, 1.165) is 30.4 Å². The first-order chi connectivity index (χ1) is 12.1. The van der Waals surface area contributed by atoms with Crippen LogP contribution < -0.4 is 10.9 Å². The second-order valence-corrected chi connectivity index (χ2v) is 6.29. The molecule has 0 radical (unpaired) electrons. The summed E-state index contributed by atoms with van der Waals surface area (Å²) in [6.07, 6.45) is 3.32. The van der Waals surface area contributed by atoms with Crippen LogP contribution in [-0.4, -0.2) is 33.4 Å². The molecule has 0 aliphatic heterocycles. The molecule has 3 rings (SSSR count). The fourth-order valence-corrected chi connectivity index (χ4v) is 3.08. The van der Waals surface area contributed by atoms with E-state index in [1.807, 2.05) is 0 Å². The van der Waals surface area contributed by atoms with Crippen molar-refractivity contribution < 1.29 is 14.3 Å². The maximum atomic E-state index is 13.9. The van der Waals surface area contributed by atoms with E-state index in [2.05, 4.69) is 10.4 Å². The van der Waals surface area contributed by atoms with E-state index in [-0.39, 0.29) is 24.0 Å². The highest BCUT2D eigenvalue weighted by atomic mass is 19.1. The molecule has 0 saturated heterocycles. The molecule has 1 aromatic heterocycles. The highest BCUT2D eigenvalue weighted by molar-refractivity contribution is 5.92. The molecule has 0 bridgehead atoms. The van der Waals surface area contributed by atoms with Crippen LogP contribution in [0, 0.1) is 11.7 Å². The molecule has 132 valence electrons. The first kappa shape index (κ1) is 17.3. The molecule has 0 atom stereocenters. The normalized spacial score (nSPS) is 20.2. The molecule has 7 heteroatoms. The quantitative estimate of drug-likeness (QED) is 0.882. The van der Waals surface area contributed by atoms with Gasteiger partial charge in [-0.2, -0.15) is 9.78 Å². The van der Waals surface area contributed by atoms with Crippen LogP contribution in [0.4, 0.5) is 4.39 Å². The summed E-state index contributed by atoms with van der Waals surface area (Å²) in [7, 11) is 0. The van der Waals surface area contributed by atoms with Crippen molar-refractivity contribution in [3.8, 4) is 5.69 Å². The van der Waals surface area contributed by atoms with Crippen molar-refractivity contribution in [3.05, 3.63) is 58.3 Å². The number of hydrogen-bond donors (Lipinski definition) is 2. The number of aliphatic hydroxyl groups is 1. The molecular weight excluding hydrogens is 325 g/mol. The van der Waals surface area contributed by atoms with E-state index in [1.54, 1.807) is 6.07 Å². The van der Waals surface area contributed by atoms with E-state index in [4.69, 9.17) is 5.11 Å². The molecule has 1 fully saturated rings. The zero-order chi connectivity index (χ0) is 17.8. The largest absolute Gasteiger partial charge is 0.396 e. The Morgan fingerprint density at radius 3 is 2.60 bits per heavy atom. The third-order valence-electron chi connectivity index (χ3n) is 4.55. The lowest BCUT2D eigenvalue weighted by atomic mass is 9.86. The maximum absolute atomic E-state index is 13.9. The van der Waals surface area contributed by atoms with Crippen molar-refractivity contribution in [3.63, 3.8) is 0 Å². The molecule has 0 spiro atoms. The summed E-state index contributed by atoms with van der Waals surface area (Å²) in [5.74, 6) is -0.677. The third-order valence-corrected chi connectivity index (χ3v) is 4.55. The molecule has 25 heavy (non-hydrogen) atoms. The summed E-state index contributed by atoms with van der Waals surface area (Å²) in [6.45, 7) is 0.176. The Bertz CT molecular complexity index is 813. The number of hydrogen-bond acceptors (Lipinski definition) is 4. The van der Waals surface area contributed by atoms with Crippen LogP contribution in [0.25, 0.3) is 5.69 Å². The monoisotopic (exact) mass is 345 g/mol. The molecule has 1 aliphatic carbocycles. The summed E-state index contributed by atoms with van der Waals surface area (Å²) < 4.78 is 14.8. The highest BCUT2D eigenvalue weighted by Crippen LogP contribution is 2.23. The van der Waals surface area contributed by atoms with Gasteiger partial charge < -0.3 is 10.4 Å². The second-order valence-electron chi connectivity index (χ2n) is 6.29. The number of aliphatic hydroxyl groups excluding tert-OH is 1. The van der Waals surface area contributed by atoms with Crippen molar-refractivity contribution in [1.29, 1.82) is 0 Å². The van der Waals surface area contributed by atoms with Gasteiger partial charge in [0, 0.05) is 18.7 Å². The lowest BCUT2D eigenvalue weighted by molar-refractivity contribution is 0.0907. The molecule has 6 nitrogen and oxygen atoms in total. The molecule has 2 N–H and O–H groups in total. The number of rotatable bonds is 4. The van der Waals surface area contributed by atoms with E-state index in [0.29, 0.717) is 5.92 Å². The van der Waals surface area contributed by atoms with Gasteiger partial charge in [-0.05, 0) is 49.8 Å². The fraction of sp³-hybridized carbons (Fsp3) is 0.389. The molecule has 0 unspecified atom stereocenters. The van der Waals surface area contributed by atoms with Gasteiger partial charge in [0.25, 0.3) is 11.5 Å². The Balaban J connectivity index is 1.77. The number of nitrogens with zero attached hydrogens (tertiary/aromatic N) is 2. The van der Waals surface area contributed by atoms with Gasteiger partial charge in [-0.15, -0.1) is 0 Å². The summed E-state index contributed by atoms with van der Waals surface area (Å²) in [5.41, 5.74) is -0.442. The Kier molecular flexibility index (Phi) is 5.23. The molecule has 1 aromatic carbocycles. The Morgan fingerprint density at radius 2 is 1.92 bits per heavy atom. The number of carbonyl (C=O) groups is 1. The van der Waals surface area contributed by atoms with Gasteiger partial charge in [0.15, 0.2) is 0 Å². The Morgan fingerprint density at radius 1 is 1.20 bits per heavy atom. The van der Waals surface area contributed by atoms with Crippen molar-refractivity contribution in [2.45, 2.75) is 31.7 Å². The third kappa shape index (κ3) is 3.93. The average Bonchev–Trinajstić information content (AvgIpc) is 2.63.